The maximum Gasteiger partial charge on any atom is 0.321 e. The van der Waals surface area contributed by atoms with Crippen LogP contribution in [0.5, 0.6) is 0 Å². The second-order valence-electron chi connectivity index (χ2n) is 2.75. The molecule has 0 aliphatic carbocycles. The standard InChI is InChI=1S/C9H7Cl3O2/c10-6-2-1-5(7(11)4-6)3-8(12)9(13)14/h1-2,4,8H,3H2,(H,13,14). The van der Waals surface area contributed by atoms with E-state index in [2.05, 4.69) is 0 Å². The van der Waals surface area contributed by atoms with Crippen LogP contribution >= 0.6 is 34.8 Å². The third kappa shape index (κ3) is 3.05. The topological polar surface area (TPSA) is 37.3 Å². The first-order valence-corrected chi connectivity index (χ1v) is 5.00. The molecule has 76 valence electrons. The monoisotopic (exact) mass is 252 g/mol. The van der Waals surface area contributed by atoms with E-state index in [1.807, 2.05) is 0 Å². The van der Waals surface area contributed by atoms with Crippen LogP contribution in [0.4, 0.5) is 0 Å². The van der Waals surface area contributed by atoms with E-state index in [0.717, 1.165) is 0 Å². The van der Waals surface area contributed by atoms with Crippen LogP contribution in [0.1, 0.15) is 5.56 Å². The fourth-order valence-electron chi connectivity index (χ4n) is 0.968. The van der Waals surface area contributed by atoms with Gasteiger partial charge >= 0.3 is 5.97 Å². The van der Waals surface area contributed by atoms with Crippen molar-refractivity contribution < 1.29 is 9.90 Å². The van der Waals surface area contributed by atoms with Crippen molar-refractivity contribution in [3.8, 4) is 0 Å². The predicted octanol–water partition coefficient (Wildman–Crippen LogP) is 3.23. The van der Waals surface area contributed by atoms with Gasteiger partial charge < -0.3 is 5.11 Å². The lowest BCUT2D eigenvalue weighted by atomic mass is 10.1. The number of hydrogen-bond acceptors (Lipinski definition) is 1. The molecule has 0 bridgehead atoms. The minimum Gasteiger partial charge on any atom is -0.480 e. The first-order chi connectivity index (χ1) is 6.50. The summed E-state index contributed by atoms with van der Waals surface area (Å²) in [6.45, 7) is 0. The predicted molar refractivity (Wildman–Crippen MR) is 57.4 cm³/mol. The molecule has 0 saturated heterocycles. The summed E-state index contributed by atoms with van der Waals surface area (Å²) in [6, 6.07) is 4.88. The molecule has 0 radical (unpaired) electrons. The molecule has 0 heterocycles. The Morgan fingerprint density at radius 1 is 1.43 bits per heavy atom. The van der Waals surface area contributed by atoms with Crippen LogP contribution in [-0.2, 0) is 11.2 Å². The van der Waals surface area contributed by atoms with Crippen LogP contribution in [0.15, 0.2) is 18.2 Å². The molecule has 0 saturated carbocycles. The lowest BCUT2D eigenvalue weighted by molar-refractivity contribution is -0.136. The highest BCUT2D eigenvalue weighted by Crippen LogP contribution is 2.23. The van der Waals surface area contributed by atoms with Gasteiger partial charge in [0.15, 0.2) is 0 Å². The highest BCUT2D eigenvalue weighted by atomic mass is 35.5. The summed E-state index contributed by atoms with van der Waals surface area (Å²) in [5.74, 6) is -1.06. The lowest BCUT2D eigenvalue weighted by Crippen LogP contribution is -2.16. The van der Waals surface area contributed by atoms with Crippen molar-refractivity contribution in [2.75, 3.05) is 0 Å². The fraction of sp³-hybridized carbons (Fsp3) is 0.222. The Labute approximate surface area is 96.4 Å². The normalized spacial score (nSPS) is 12.5. The van der Waals surface area contributed by atoms with Crippen molar-refractivity contribution in [1.29, 1.82) is 0 Å². The molecule has 0 amide bonds. The van der Waals surface area contributed by atoms with Crippen molar-refractivity contribution in [2.24, 2.45) is 0 Å². The smallest absolute Gasteiger partial charge is 0.321 e. The van der Waals surface area contributed by atoms with E-state index >= 15 is 0 Å². The number of carboxylic acid groups (broad SMARTS) is 1. The van der Waals surface area contributed by atoms with Gasteiger partial charge in [0.1, 0.15) is 5.38 Å². The van der Waals surface area contributed by atoms with Crippen LogP contribution in [-0.4, -0.2) is 16.5 Å². The molecular weight excluding hydrogens is 246 g/mol. The summed E-state index contributed by atoms with van der Waals surface area (Å²) in [5.41, 5.74) is 0.679. The Bertz CT molecular complexity index is 352. The zero-order valence-corrected chi connectivity index (χ0v) is 9.27. The van der Waals surface area contributed by atoms with E-state index in [0.29, 0.717) is 15.6 Å². The van der Waals surface area contributed by atoms with Crippen molar-refractivity contribution in [3.63, 3.8) is 0 Å². The molecule has 1 unspecified atom stereocenters. The molecular formula is C9H7Cl3O2. The van der Waals surface area contributed by atoms with Gasteiger partial charge in [0.2, 0.25) is 0 Å². The minimum absolute atomic E-state index is 0.187. The Morgan fingerprint density at radius 2 is 2.07 bits per heavy atom. The molecule has 1 atom stereocenters. The lowest BCUT2D eigenvalue weighted by Gasteiger charge is -2.06. The quantitative estimate of drug-likeness (QED) is 0.840. The molecule has 1 aromatic rings. The molecule has 0 aliphatic rings. The molecule has 14 heavy (non-hydrogen) atoms. The maximum absolute atomic E-state index is 10.5. The Kier molecular flexibility index (Phi) is 4.05. The van der Waals surface area contributed by atoms with Crippen molar-refractivity contribution in [1.82, 2.24) is 0 Å². The number of rotatable bonds is 3. The van der Waals surface area contributed by atoms with E-state index in [9.17, 15) is 4.79 Å². The summed E-state index contributed by atoms with van der Waals surface area (Å²) in [6.07, 6.45) is 0.187. The zero-order chi connectivity index (χ0) is 10.7. The van der Waals surface area contributed by atoms with Crippen LogP contribution in [0.3, 0.4) is 0 Å². The molecule has 1 N–H and O–H groups in total. The number of aliphatic carboxylic acids is 1. The van der Waals surface area contributed by atoms with E-state index in [-0.39, 0.29) is 6.42 Å². The SMILES string of the molecule is O=C(O)C(Cl)Cc1ccc(Cl)cc1Cl. The van der Waals surface area contributed by atoms with Crippen molar-refractivity contribution in [3.05, 3.63) is 33.8 Å². The van der Waals surface area contributed by atoms with Gasteiger partial charge in [-0.25, -0.2) is 0 Å². The number of carboxylic acids is 1. The van der Waals surface area contributed by atoms with E-state index < -0.39 is 11.3 Å². The summed E-state index contributed by atoms with van der Waals surface area (Å²) in [7, 11) is 0. The average Bonchev–Trinajstić information content (AvgIpc) is 2.09. The number of alkyl halides is 1. The summed E-state index contributed by atoms with van der Waals surface area (Å²) < 4.78 is 0. The largest absolute Gasteiger partial charge is 0.480 e. The molecule has 1 rings (SSSR count). The number of halogens is 3. The molecule has 1 aromatic carbocycles. The summed E-state index contributed by atoms with van der Waals surface area (Å²) in [4.78, 5) is 10.5. The van der Waals surface area contributed by atoms with Gasteiger partial charge in [-0.1, -0.05) is 29.3 Å². The van der Waals surface area contributed by atoms with Gasteiger partial charge in [-0.3, -0.25) is 4.79 Å². The van der Waals surface area contributed by atoms with Gasteiger partial charge in [0, 0.05) is 16.5 Å². The zero-order valence-electron chi connectivity index (χ0n) is 7.01. The van der Waals surface area contributed by atoms with Gasteiger partial charge in [-0.2, -0.15) is 0 Å². The fourth-order valence-corrected chi connectivity index (χ4v) is 1.62. The second kappa shape index (κ2) is 4.87. The summed E-state index contributed by atoms with van der Waals surface area (Å²) in [5, 5.41) is 8.57. The van der Waals surface area contributed by atoms with E-state index in [4.69, 9.17) is 39.9 Å². The van der Waals surface area contributed by atoms with Crippen molar-refractivity contribution >= 4 is 40.8 Å². The molecule has 0 fully saturated rings. The first-order valence-electron chi connectivity index (χ1n) is 3.81. The third-order valence-electron chi connectivity index (χ3n) is 1.68. The van der Waals surface area contributed by atoms with Crippen LogP contribution in [0.2, 0.25) is 10.0 Å². The highest BCUT2D eigenvalue weighted by molar-refractivity contribution is 6.35. The average molecular weight is 254 g/mol. The molecule has 5 heteroatoms. The highest BCUT2D eigenvalue weighted by Gasteiger charge is 2.15. The first kappa shape index (κ1) is 11.6. The van der Waals surface area contributed by atoms with Crippen LogP contribution < -0.4 is 0 Å². The summed E-state index contributed by atoms with van der Waals surface area (Å²) >= 11 is 17.1. The van der Waals surface area contributed by atoms with Gasteiger partial charge in [-0.05, 0) is 17.7 Å². The van der Waals surface area contributed by atoms with Crippen LogP contribution in [0, 0.1) is 0 Å². The number of carbonyl (C=O) groups is 1. The molecule has 0 aromatic heterocycles. The Balaban J connectivity index is 2.82. The number of hydrogen-bond donors (Lipinski definition) is 1. The van der Waals surface area contributed by atoms with Gasteiger partial charge in [0.25, 0.3) is 0 Å². The van der Waals surface area contributed by atoms with Gasteiger partial charge in [-0.15, -0.1) is 11.6 Å². The minimum atomic E-state index is -1.06. The van der Waals surface area contributed by atoms with Crippen LogP contribution in [0.25, 0.3) is 0 Å². The molecule has 0 spiro atoms. The van der Waals surface area contributed by atoms with Crippen molar-refractivity contribution in [2.45, 2.75) is 11.8 Å². The number of benzene rings is 1. The third-order valence-corrected chi connectivity index (χ3v) is 2.61. The van der Waals surface area contributed by atoms with E-state index in [1.54, 1.807) is 18.2 Å². The second-order valence-corrected chi connectivity index (χ2v) is 4.12. The molecule has 2 nitrogen and oxygen atoms in total. The maximum atomic E-state index is 10.5. The molecule has 0 aliphatic heterocycles. The Hall–Kier alpha value is -0.440. The Morgan fingerprint density at radius 3 is 2.57 bits per heavy atom. The van der Waals surface area contributed by atoms with Gasteiger partial charge in [0.05, 0.1) is 0 Å². The van der Waals surface area contributed by atoms with E-state index in [1.165, 1.54) is 0 Å².